The van der Waals surface area contributed by atoms with Gasteiger partial charge in [0.15, 0.2) is 5.16 Å². The first kappa shape index (κ1) is 21.5. The van der Waals surface area contributed by atoms with Crippen molar-refractivity contribution in [3.05, 3.63) is 65.4 Å². The van der Waals surface area contributed by atoms with Crippen molar-refractivity contribution in [2.24, 2.45) is 0 Å². The third kappa shape index (κ3) is 5.51. The molecule has 31 heavy (non-hydrogen) atoms. The molecule has 0 atom stereocenters. The van der Waals surface area contributed by atoms with Gasteiger partial charge in [0.2, 0.25) is 5.91 Å². The number of fused-ring (bicyclic) bond motifs is 1. The molecule has 2 heterocycles. The van der Waals surface area contributed by atoms with Crippen molar-refractivity contribution in [3.63, 3.8) is 0 Å². The molecule has 0 aliphatic carbocycles. The maximum absolute atomic E-state index is 12.3. The Kier molecular flexibility index (Phi) is 6.99. The molecule has 0 spiro atoms. The van der Waals surface area contributed by atoms with Gasteiger partial charge < -0.3 is 5.32 Å². The second kappa shape index (κ2) is 10.1. The largest absolute Gasteiger partial charge is 0.355 e. The average molecular weight is 452 g/mol. The highest BCUT2D eigenvalue weighted by atomic mass is 32.2. The Balaban J connectivity index is 1.23. The van der Waals surface area contributed by atoms with Crippen molar-refractivity contribution in [2.45, 2.75) is 37.8 Å². The molecule has 4 aromatic rings. The van der Waals surface area contributed by atoms with Gasteiger partial charge in [-0.3, -0.25) is 9.36 Å². The Labute approximate surface area is 190 Å². The van der Waals surface area contributed by atoms with Crippen LogP contribution in [-0.4, -0.2) is 38.0 Å². The second-order valence-electron chi connectivity index (χ2n) is 7.55. The van der Waals surface area contributed by atoms with Crippen LogP contribution >= 0.6 is 23.1 Å². The van der Waals surface area contributed by atoms with Gasteiger partial charge in [-0.25, -0.2) is 4.98 Å². The normalized spacial score (nSPS) is 11.3. The van der Waals surface area contributed by atoms with Crippen LogP contribution in [0, 0.1) is 0 Å². The smallest absolute Gasteiger partial charge is 0.230 e. The van der Waals surface area contributed by atoms with Crippen molar-refractivity contribution in [1.82, 2.24) is 25.1 Å². The van der Waals surface area contributed by atoms with Crippen molar-refractivity contribution in [1.29, 1.82) is 0 Å². The first-order valence-electron chi connectivity index (χ1n) is 10.3. The topological polar surface area (TPSA) is 72.7 Å². The molecule has 0 radical (unpaired) electrons. The molecule has 1 N–H and O–H groups in total. The number of aryl methyl sites for hydroxylation is 1. The molecule has 0 bridgehead atoms. The summed E-state index contributed by atoms with van der Waals surface area (Å²) in [6, 6.07) is 16.5. The molecule has 0 unspecified atom stereocenters. The lowest BCUT2D eigenvalue weighted by Crippen LogP contribution is -2.26. The lowest BCUT2D eigenvalue weighted by molar-refractivity contribution is -0.118. The van der Waals surface area contributed by atoms with Crippen LogP contribution in [0.1, 0.15) is 36.8 Å². The zero-order chi connectivity index (χ0) is 21.6. The second-order valence-corrected chi connectivity index (χ2v) is 9.60. The first-order chi connectivity index (χ1) is 15.1. The number of hydrogen-bond acceptors (Lipinski definition) is 6. The van der Waals surface area contributed by atoms with Gasteiger partial charge in [-0.2, -0.15) is 0 Å². The SMILES string of the molecule is CC(C)c1ccc(-n2cnnc2SCC(=O)NCCCc2nc3ccccc3s2)cc1. The van der Waals surface area contributed by atoms with E-state index in [1.807, 2.05) is 22.8 Å². The van der Waals surface area contributed by atoms with E-state index in [1.165, 1.54) is 22.0 Å². The van der Waals surface area contributed by atoms with E-state index in [9.17, 15) is 4.79 Å². The number of thioether (sulfide) groups is 1. The quantitative estimate of drug-likeness (QED) is 0.291. The zero-order valence-corrected chi connectivity index (χ0v) is 19.2. The molecule has 0 aliphatic heterocycles. The predicted molar refractivity (Wildman–Crippen MR) is 127 cm³/mol. The van der Waals surface area contributed by atoms with Crippen LogP contribution in [0.25, 0.3) is 15.9 Å². The van der Waals surface area contributed by atoms with E-state index in [0.29, 0.717) is 23.4 Å². The molecular formula is C23H25N5OS2. The number of benzene rings is 2. The summed E-state index contributed by atoms with van der Waals surface area (Å²) in [7, 11) is 0. The summed E-state index contributed by atoms with van der Waals surface area (Å²) >= 11 is 3.11. The Bertz CT molecular complexity index is 1120. The lowest BCUT2D eigenvalue weighted by atomic mass is 10.0. The fourth-order valence-electron chi connectivity index (χ4n) is 3.20. The van der Waals surface area contributed by atoms with Gasteiger partial charge in [0.05, 0.1) is 21.0 Å². The number of thiazole rings is 1. The van der Waals surface area contributed by atoms with Crippen LogP contribution in [-0.2, 0) is 11.2 Å². The molecule has 0 fully saturated rings. The third-order valence-electron chi connectivity index (χ3n) is 4.91. The highest BCUT2D eigenvalue weighted by Gasteiger charge is 2.11. The number of amides is 1. The molecule has 2 aromatic heterocycles. The molecule has 160 valence electrons. The molecule has 4 rings (SSSR count). The van der Waals surface area contributed by atoms with Gasteiger partial charge in [0.1, 0.15) is 6.33 Å². The monoisotopic (exact) mass is 451 g/mol. The number of para-hydroxylation sites is 1. The molecule has 8 heteroatoms. The summed E-state index contributed by atoms with van der Waals surface area (Å²) in [5.74, 6) is 0.797. The van der Waals surface area contributed by atoms with E-state index in [-0.39, 0.29) is 5.91 Å². The number of nitrogens with one attached hydrogen (secondary N) is 1. The summed E-state index contributed by atoms with van der Waals surface area (Å²) in [5, 5.41) is 13.0. The molecule has 6 nitrogen and oxygen atoms in total. The highest BCUT2D eigenvalue weighted by Crippen LogP contribution is 2.23. The van der Waals surface area contributed by atoms with E-state index in [2.05, 4.69) is 64.7 Å². The Morgan fingerprint density at radius 1 is 1.16 bits per heavy atom. The van der Waals surface area contributed by atoms with E-state index in [4.69, 9.17) is 0 Å². The van der Waals surface area contributed by atoms with Crippen LogP contribution in [0.3, 0.4) is 0 Å². The molecule has 0 aliphatic rings. The van der Waals surface area contributed by atoms with Gasteiger partial charge in [-0.1, -0.05) is 49.9 Å². The van der Waals surface area contributed by atoms with E-state index < -0.39 is 0 Å². The van der Waals surface area contributed by atoms with Crippen molar-refractivity contribution in [2.75, 3.05) is 12.3 Å². The Morgan fingerprint density at radius 2 is 1.97 bits per heavy atom. The van der Waals surface area contributed by atoms with Crippen molar-refractivity contribution in [3.8, 4) is 5.69 Å². The minimum absolute atomic E-state index is 0.000921. The van der Waals surface area contributed by atoms with Crippen molar-refractivity contribution < 1.29 is 4.79 Å². The van der Waals surface area contributed by atoms with Crippen LogP contribution in [0.15, 0.2) is 60.0 Å². The van der Waals surface area contributed by atoms with Crippen LogP contribution in [0.4, 0.5) is 0 Å². The maximum Gasteiger partial charge on any atom is 0.230 e. The lowest BCUT2D eigenvalue weighted by Gasteiger charge is -2.09. The fraction of sp³-hybridized carbons (Fsp3) is 0.304. The van der Waals surface area contributed by atoms with Crippen LogP contribution < -0.4 is 5.32 Å². The third-order valence-corrected chi connectivity index (χ3v) is 6.95. The average Bonchev–Trinajstić information content (AvgIpc) is 3.41. The van der Waals surface area contributed by atoms with Gasteiger partial charge in [0.25, 0.3) is 0 Å². The zero-order valence-electron chi connectivity index (χ0n) is 17.6. The number of carbonyl (C=O) groups is 1. The van der Waals surface area contributed by atoms with Gasteiger partial charge >= 0.3 is 0 Å². The van der Waals surface area contributed by atoms with Crippen LogP contribution in [0.2, 0.25) is 0 Å². The number of nitrogens with zero attached hydrogens (tertiary/aromatic N) is 4. The summed E-state index contributed by atoms with van der Waals surface area (Å²) in [6.45, 7) is 4.98. The predicted octanol–water partition coefficient (Wildman–Crippen LogP) is 4.84. The molecule has 0 saturated heterocycles. The van der Waals surface area contributed by atoms with Gasteiger partial charge in [0, 0.05) is 18.7 Å². The molecule has 1 amide bonds. The van der Waals surface area contributed by atoms with E-state index in [1.54, 1.807) is 17.7 Å². The van der Waals surface area contributed by atoms with E-state index in [0.717, 1.165) is 29.1 Å². The minimum Gasteiger partial charge on any atom is -0.355 e. The number of aromatic nitrogens is 4. The summed E-state index contributed by atoms with van der Waals surface area (Å²) < 4.78 is 3.12. The fourth-order valence-corrected chi connectivity index (χ4v) is 4.96. The molecule has 2 aromatic carbocycles. The summed E-state index contributed by atoms with van der Waals surface area (Å²) in [4.78, 5) is 16.9. The minimum atomic E-state index is -0.000921. The molecular weight excluding hydrogens is 426 g/mol. The van der Waals surface area contributed by atoms with Crippen LogP contribution in [0.5, 0.6) is 0 Å². The first-order valence-corrected chi connectivity index (χ1v) is 12.1. The van der Waals surface area contributed by atoms with E-state index >= 15 is 0 Å². The Morgan fingerprint density at radius 3 is 2.74 bits per heavy atom. The number of carbonyl (C=O) groups excluding carboxylic acids is 1. The summed E-state index contributed by atoms with van der Waals surface area (Å²) in [6.07, 6.45) is 3.42. The van der Waals surface area contributed by atoms with Gasteiger partial charge in [-0.15, -0.1) is 21.5 Å². The Hall–Kier alpha value is -2.71. The summed E-state index contributed by atoms with van der Waals surface area (Å²) in [5.41, 5.74) is 3.33. The number of hydrogen-bond donors (Lipinski definition) is 1. The number of rotatable bonds is 9. The van der Waals surface area contributed by atoms with Crippen molar-refractivity contribution >= 4 is 39.2 Å². The molecule has 0 saturated carbocycles. The van der Waals surface area contributed by atoms with Gasteiger partial charge in [-0.05, 0) is 42.2 Å². The standard InChI is InChI=1S/C23H25N5OS2/c1-16(2)17-9-11-18(12-10-17)28-15-25-27-23(28)30-14-21(29)24-13-5-8-22-26-19-6-3-4-7-20(19)31-22/h3-4,6-7,9-12,15-16H,5,8,13-14H2,1-2H3,(H,24,29). The maximum atomic E-state index is 12.3. The highest BCUT2D eigenvalue weighted by molar-refractivity contribution is 7.99.